The van der Waals surface area contributed by atoms with Crippen molar-refractivity contribution in [2.45, 2.75) is 32.2 Å². The first-order chi connectivity index (χ1) is 9.09. The molecular weight excluding hydrogens is 238 g/mol. The third-order valence-corrected chi connectivity index (χ3v) is 4.21. The Labute approximate surface area is 115 Å². The molecule has 1 aliphatic heterocycles. The number of carbonyl (C=O) groups excluding carboxylic acids is 1. The number of ether oxygens (including phenoxy) is 1. The van der Waals surface area contributed by atoms with Crippen molar-refractivity contribution in [3.8, 4) is 0 Å². The number of piperidine rings is 1. The Morgan fingerprint density at radius 3 is 2.63 bits per heavy atom. The van der Waals surface area contributed by atoms with Crippen molar-refractivity contribution in [3.05, 3.63) is 35.9 Å². The van der Waals surface area contributed by atoms with Crippen molar-refractivity contribution in [3.63, 3.8) is 0 Å². The lowest BCUT2D eigenvalue weighted by Crippen LogP contribution is -2.53. The van der Waals surface area contributed by atoms with Gasteiger partial charge in [-0.15, -0.1) is 0 Å². The number of hydrogen-bond acceptors (Lipinski definition) is 3. The first-order valence-corrected chi connectivity index (χ1v) is 6.98. The summed E-state index contributed by atoms with van der Waals surface area (Å²) in [7, 11) is 1.47. The van der Waals surface area contributed by atoms with Crippen LogP contribution in [0.3, 0.4) is 0 Å². The van der Waals surface area contributed by atoms with Gasteiger partial charge in [0.1, 0.15) is 5.54 Å². The van der Waals surface area contributed by atoms with Crippen LogP contribution in [0.15, 0.2) is 30.3 Å². The van der Waals surface area contributed by atoms with E-state index in [1.165, 1.54) is 13.5 Å². The molecule has 19 heavy (non-hydrogen) atoms. The van der Waals surface area contributed by atoms with Gasteiger partial charge in [0, 0.05) is 6.54 Å². The van der Waals surface area contributed by atoms with Crippen LogP contribution in [0.4, 0.5) is 0 Å². The molecule has 1 aromatic carbocycles. The molecule has 0 saturated carbocycles. The Hall–Kier alpha value is -1.35. The summed E-state index contributed by atoms with van der Waals surface area (Å²) in [6.07, 6.45) is 2.38. The summed E-state index contributed by atoms with van der Waals surface area (Å²) in [5, 5.41) is 0. The molecule has 1 aromatic rings. The maximum atomic E-state index is 12.4. The molecule has 0 bridgehead atoms. The van der Waals surface area contributed by atoms with Crippen molar-refractivity contribution >= 4 is 5.97 Å². The number of hydrogen-bond donors (Lipinski definition) is 0. The minimum Gasteiger partial charge on any atom is -0.467 e. The molecule has 2 atom stereocenters. The van der Waals surface area contributed by atoms with Crippen molar-refractivity contribution in [1.29, 1.82) is 0 Å². The molecule has 0 unspecified atom stereocenters. The zero-order chi connectivity index (χ0) is 13.9. The minimum atomic E-state index is -0.676. The number of carbonyl (C=O) groups is 1. The second-order valence-electron chi connectivity index (χ2n) is 5.62. The van der Waals surface area contributed by atoms with Gasteiger partial charge >= 0.3 is 5.97 Å². The highest BCUT2D eigenvalue weighted by atomic mass is 16.5. The number of rotatable bonds is 3. The third kappa shape index (κ3) is 2.66. The molecule has 3 nitrogen and oxygen atoms in total. The van der Waals surface area contributed by atoms with Crippen LogP contribution in [0.1, 0.15) is 32.3 Å². The van der Waals surface area contributed by atoms with Gasteiger partial charge in [-0.25, -0.2) is 4.79 Å². The van der Waals surface area contributed by atoms with E-state index in [1.54, 1.807) is 0 Å². The normalized spacial score (nSPS) is 23.6. The summed E-state index contributed by atoms with van der Waals surface area (Å²) in [5.74, 6) is 0.453. The van der Waals surface area contributed by atoms with Gasteiger partial charge in [-0.1, -0.05) is 37.3 Å². The summed E-state index contributed by atoms with van der Waals surface area (Å²) in [5.41, 5.74) is 0.334. The van der Waals surface area contributed by atoms with E-state index < -0.39 is 5.54 Å². The van der Waals surface area contributed by atoms with Crippen LogP contribution in [0.25, 0.3) is 0 Å². The molecule has 3 heteroatoms. The van der Waals surface area contributed by atoms with Crippen molar-refractivity contribution in [2.75, 3.05) is 20.2 Å². The first kappa shape index (κ1) is 14.1. The minimum absolute atomic E-state index is 0.173. The molecule has 1 aliphatic rings. The number of esters is 1. The van der Waals surface area contributed by atoms with E-state index in [0.717, 1.165) is 25.1 Å². The van der Waals surface area contributed by atoms with Crippen LogP contribution in [0.5, 0.6) is 0 Å². The molecule has 0 radical (unpaired) electrons. The summed E-state index contributed by atoms with van der Waals surface area (Å²) < 4.78 is 5.08. The lowest BCUT2D eigenvalue weighted by molar-refractivity contribution is -0.156. The zero-order valence-electron chi connectivity index (χ0n) is 12.1. The van der Waals surface area contributed by atoms with Gasteiger partial charge in [-0.2, -0.15) is 0 Å². The quantitative estimate of drug-likeness (QED) is 0.784. The van der Waals surface area contributed by atoms with Crippen LogP contribution in [0, 0.1) is 5.92 Å². The van der Waals surface area contributed by atoms with E-state index in [2.05, 4.69) is 11.8 Å². The number of likely N-dealkylation sites (tertiary alicyclic amines) is 1. The van der Waals surface area contributed by atoms with E-state index in [0.29, 0.717) is 5.92 Å². The highest BCUT2D eigenvalue weighted by Gasteiger charge is 2.43. The van der Waals surface area contributed by atoms with Gasteiger partial charge in [0.2, 0.25) is 0 Å². The summed E-state index contributed by atoms with van der Waals surface area (Å²) in [4.78, 5) is 14.6. The molecule has 0 amide bonds. The maximum Gasteiger partial charge on any atom is 0.330 e. The van der Waals surface area contributed by atoms with Crippen LogP contribution < -0.4 is 0 Å². The fourth-order valence-corrected chi connectivity index (χ4v) is 2.99. The molecule has 2 rings (SSSR count). The molecule has 1 heterocycles. The van der Waals surface area contributed by atoms with Gasteiger partial charge in [0.25, 0.3) is 0 Å². The average Bonchev–Trinajstić information content (AvgIpc) is 2.46. The van der Waals surface area contributed by atoms with Gasteiger partial charge in [-0.05, 0) is 37.8 Å². The fourth-order valence-electron chi connectivity index (χ4n) is 2.99. The number of methoxy groups -OCH3 is 1. The van der Waals surface area contributed by atoms with Crippen molar-refractivity contribution < 1.29 is 9.53 Å². The van der Waals surface area contributed by atoms with Crippen LogP contribution >= 0.6 is 0 Å². The van der Waals surface area contributed by atoms with Crippen LogP contribution in [0.2, 0.25) is 0 Å². The first-order valence-electron chi connectivity index (χ1n) is 6.98. The molecule has 0 aliphatic carbocycles. The van der Waals surface area contributed by atoms with Crippen molar-refractivity contribution in [2.24, 2.45) is 5.92 Å². The maximum absolute atomic E-state index is 12.4. The third-order valence-electron chi connectivity index (χ3n) is 4.21. The van der Waals surface area contributed by atoms with Gasteiger partial charge < -0.3 is 4.74 Å². The Bertz CT molecular complexity index is 432. The Kier molecular flexibility index (Phi) is 4.25. The van der Waals surface area contributed by atoms with E-state index in [1.807, 2.05) is 37.3 Å². The van der Waals surface area contributed by atoms with E-state index in [-0.39, 0.29) is 5.97 Å². The molecule has 1 saturated heterocycles. The highest BCUT2D eigenvalue weighted by Crippen LogP contribution is 2.33. The van der Waals surface area contributed by atoms with Gasteiger partial charge in [-0.3, -0.25) is 4.90 Å². The SMILES string of the molecule is COC(=O)[C@@](C)(c1ccccc1)N1CCC[C@H](C)C1. The fraction of sp³-hybridized carbons (Fsp3) is 0.562. The largest absolute Gasteiger partial charge is 0.467 e. The Morgan fingerprint density at radius 2 is 2.05 bits per heavy atom. The molecule has 0 aromatic heterocycles. The van der Waals surface area contributed by atoms with E-state index in [9.17, 15) is 4.79 Å². The average molecular weight is 261 g/mol. The Morgan fingerprint density at radius 1 is 1.37 bits per heavy atom. The smallest absolute Gasteiger partial charge is 0.330 e. The molecule has 104 valence electrons. The van der Waals surface area contributed by atoms with Crippen molar-refractivity contribution in [1.82, 2.24) is 4.90 Å². The van der Waals surface area contributed by atoms with E-state index >= 15 is 0 Å². The second kappa shape index (κ2) is 5.74. The summed E-state index contributed by atoms with van der Waals surface area (Å²) in [6.45, 7) is 6.12. The predicted octanol–water partition coefficient (Wildman–Crippen LogP) is 2.81. The molecule has 0 N–H and O–H groups in total. The number of nitrogens with zero attached hydrogens (tertiary/aromatic N) is 1. The zero-order valence-corrected chi connectivity index (χ0v) is 12.1. The highest BCUT2D eigenvalue weighted by molar-refractivity contribution is 5.82. The topological polar surface area (TPSA) is 29.5 Å². The Balaban J connectivity index is 2.37. The lowest BCUT2D eigenvalue weighted by atomic mass is 9.86. The van der Waals surface area contributed by atoms with E-state index in [4.69, 9.17) is 4.74 Å². The molecular formula is C16H23NO2. The summed E-state index contributed by atoms with van der Waals surface area (Å²) in [6, 6.07) is 9.94. The number of benzene rings is 1. The van der Waals surface area contributed by atoms with Crippen LogP contribution in [-0.4, -0.2) is 31.1 Å². The standard InChI is InChI=1S/C16H23NO2/c1-13-8-7-11-17(12-13)16(2,15(18)19-3)14-9-5-4-6-10-14/h4-6,9-10,13H,7-8,11-12H2,1-3H3/t13-,16+/m0/s1. The monoisotopic (exact) mass is 261 g/mol. The molecule has 1 fully saturated rings. The molecule has 0 spiro atoms. The predicted molar refractivity (Wildman–Crippen MR) is 75.8 cm³/mol. The van der Waals surface area contributed by atoms with Crippen LogP contribution in [-0.2, 0) is 15.1 Å². The lowest BCUT2D eigenvalue weighted by Gasteiger charge is -2.43. The van der Waals surface area contributed by atoms with Gasteiger partial charge in [0.15, 0.2) is 0 Å². The second-order valence-corrected chi connectivity index (χ2v) is 5.62. The summed E-state index contributed by atoms with van der Waals surface area (Å²) >= 11 is 0. The van der Waals surface area contributed by atoms with Gasteiger partial charge in [0.05, 0.1) is 7.11 Å².